The van der Waals surface area contributed by atoms with Crippen LogP contribution in [0, 0.1) is 13.8 Å². The summed E-state index contributed by atoms with van der Waals surface area (Å²) in [6, 6.07) is 0.993. The molecule has 1 rings (SSSR count). The maximum atomic E-state index is 4.49. The second-order valence-electron chi connectivity index (χ2n) is 4.64. The molecule has 2 atom stereocenters. The van der Waals surface area contributed by atoms with Crippen LogP contribution in [0.3, 0.4) is 0 Å². The van der Waals surface area contributed by atoms with Crippen LogP contribution in [0.5, 0.6) is 0 Å². The third-order valence-corrected chi connectivity index (χ3v) is 3.42. The number of aryl methyl sites for hydroxylation is 2. The standard InChI is InChI=1S/C13H25N3/c1-7-9(3)14-12(8-2)13-10(4)15-16(6)11(13)5/h9,12,14H,7-8H2,1-6H3. The van der Waals surface area contributed by atoms with E-state index in [9.17, 15) is 0 Å². The largest absolute Gasteiger partial charge is 0.307 e. The zero-order valence-electron chi connectivity index (χ0n) is 11.5. The van der Waals surface area contributed by atoms with Crippen molar-refractivity contribution in [3.8, 4) is 0 Å². The van der Waals surface area contributed by atoms with Crippen molar-refractivity contribution in [3.63, 3.8) is 0 Å². The van der Waals surface area contributed by atoms with Crippen LogP contribution in [0.4, 0.5) is 0 Å². The van der Waals surface area contributed by atoms with Crippen molar-refractivity contribution in [2.45, 2.75) is 59.5 Å². The van der Waals surface area contributed by atoms with Crippen molar-refractivity contribution in [1.82, 2.24) is 15.1 Å². The SMILES string of the molecule is CCC(C)NC(CC)c1c(C)nn(C)c1C. The smallest absolute Gasteiger partial charge is 0.0644 e. The van der Waals surface area contributed by atoms with E-state index in [0.29, 0.717) is 12.1 Å². The second-order valence-corrected chi connectivity index (χ2v) is 4.64. The zero-order valence-corrected chi connectivity index (χ0v) is 11.5. The van der Waals surface area contributed by atoms with Gasteiger partial charge in [0.05, 0.1) is 5.69 Å². The molecule has 1 N–H and O–H groups in total. The monoisotopic (exact) mass is 223 g/mol. The van der Waals surface area contributed by atoms with E-state index >= 15 is 0 Å². The predicted molar refractivity (Wildman–Crippen MR) is 68.6 cm³/mol. The average molecular weight is 223 g/mol. The van der Waals surface area contributed by atoms with Gasteiger partial charge in [-0.25, -0.2) is 0 Å². The molecule has 92 valence electrons. The molecule has 0 saturated heterocycles. The molecule has 0 radical (unpaired) electrons. The first-order valence-electron chi connectivity index (χ1n) is 6.27. The number of nitrogens with one attached hydrogen (secondary N) is 1. The van der Waals surface area contributed by atoms with Crippen LogP contribution in [0.2, 0.25) is 0 Å². The summed E-state index contributed by atoms with van der Waals surface area (Å²) in [5.74, 6) is 0. The number of aromatic nitrogens is 2. The molecule has 3 nitrogen and oxygen atoms in total. The number of nitrogens with zero attached hydrogens (tertiary/aromatic N) is 2. The highest BCUT2D eigenvalue weighted by Crippen LogP contribution is 2.24. The van der Waals surface area contributed by atoms with Gasteiger partial charge in [0.1, 0.15) is 0 Å². The summed E-state index contributed by atoms with van der Waals surface area (Å²) in [7, 11) is 2.02. The second kappa shape index (κ2) is 5.48. The van der Waals surface area contributed by atoms with Crippen LogP contribution in [0.1, 0.15) is 56.6 Å². The molecule has 2 unspecified atom stereocenters. The van der Waals surface area contributed by atoms with Crippen LogP contribution in [-0.2, 0) is 7.05 Å². The summed E-state index contributed by atoms with van der Waals surface area (Å²) < 4.78 is 1.98. The molecule has 1 aromatic heterocycles. The fourth-order valence-electron chi connectivity index (χ4n) is 2.16. The van der Waals surface area contributed by atoms with E-state index < -0.39 is 0 Å². The van der Waals surface area contributed by atoms with Gasteiger partial charge >= 0.3 is 0 Å². The topological polar surface area (TPSA) is 29.9 Å². The first kappa shape index (κ1) is 13.2. The van der Waals surface area contributed by atoms with Gasteiger partial charge in [-0.1, -0.05) is 13.8 Å². The molecule has 0 spiro atoms. The van der Waals surface area contributed by atoms with Gasteiger partial charge in [-0.2, -0.15) is 5.10 Å². The normalized spacial score (nSPS) is 15.1. The lowest BCUT2D eigenvalue weighted by atomic mass is 10.0. The van der Waals surface area contributed by atoms with Gasteiger partial charge in [0.2, 0.25) is 0 Å². The minimum atomic E-state index is 0.434. The first-order valence-corrected chi connectivity index (χ1v) is 6.27. The highest BCUT2D eigenvalue weighted by atomic mass is 15.3. The summed E-state index contributed by atoms with van der Waals surface area (Å²) in [6.45, 7) is 10.9. The van der Waals surface area contributed by atoms with Crippen molar-refractivity contribution >= 4 is 0 Å². The minimum absolute atomic E-state index is 0.434. The summed E-state index contributed by atoms with van der Waals surface area (Å²) in [5, 5.41) is 8.16. The Morgan fingerprint density at radius 2 is 1.88 bits per heavy atom. The Morgan fingerprint density at radius 1 is 1.25 bits per heavy atom. The Labute approximate surface area is 99.2 Å². The van der Waals surface area contributed by atoms with Crippen LogP contribution in [-0.4, -0.2) is 15.8 Å². The van der Waals surface area contributed by atoms with Gasteiger partial charge in [-0.3, -0.25) is 4.68 Å². The number of rotatable bonds is 5. The number of hydrogen-bond acceptors (Lipinski definition) is 2. The maximum Gasteiger partial charge on any atom is 0.0644 e. The summed E-state index contributed by atoms with van der Waals surface area (Å²) in [4.78, 5) is 0. The van der Waals surface area contributed by atoms with E-state index in [2.05, 4.69) is 45.0 Å². The molecular weight excluding hydrogens is 198 g/mol. The third-order valence-electron chi connectivity index (χ3n) is 3.42. The van der Waals surface area contributed by atoms with Gasteiger partial charge in [0, 0.05) is 30.4 Å². The fraction of sp³-hybridized carbons (Fsp3) is 0.769. The van der Waals surface area contributed by atoms with Crippen molar-refractivity contribution < 1.29 is 0 Å². The highest BCUT2D eigenvalue weighted by molar-refractivity contribution is 5.28. The maximum absolute atomic E-state index is 4.49. The molecule has 0 aliphatic rings. The molecule has 0 aromatic carbocycles. The lowest BCUT2D eigenvalue weighted by Crippen LogP contribution is -2.30. The molecule has 0 aliphatic heterocycles. The van der Waals surface area contributed by atoms with E-state index in [-0.39, 0.29) is 0 Å². The molecule has 1 aromatic rings. The van der Waals surface area contributed by atoms with Crippen molar-refractivity contribution in [3.05, 3.63) is 17.0 Å². The van der Waals surface area contributed by atoms with Gasteiger partial charge in [0.25, 0.3) is 0 Å². The van der Waals surface area contributed by atoms with Gasteiger partial charge in [-0.15, -0.1) is 0 Å². The predicted octanol–water partition coefficient (Wildman–Crippen LogP) is 2.88. The molecule has 0 saturated carbocycles. The summed E-state index contributed by atoms with van der Waals surface area (Å²) >= 11 is 0. The molecule has 3 heteroatoms. The number of hydrogen-bond donors (Lipinski definition) is 1. The van der Waals surface area contributed by atoms with E-state index in [4.69, 9.17) is 0 Å². The van der Waals surface area contributed by atoms with Crippen LogP contribution in [0.15, 0.2) is 0 Å². The van der Waals surface area contributed by atoms with Crippen molar-refractivity contribution in [2.24, 2.45) is 7.05 Å². The summed E-state index contributed by atoms with van der Waals surface area (Å²) in [5.41, 5.74) is 3.81. The zero-order chi connectivity index (χ0) is 12.3. The van der Waals surface area contributed by atoms with E-state index in [1.807, 2.05) is 11.7 Å². The third kappa shape index (κ3) is 2.64. The van der Waals surface area contributed by atoms with Gasteiger partial charge in [-0.05, 0) is 33.6 Å². The summed E-state index contributed by atoms with van der Waals surface area (Å²) in [6.07, 6.45) is 2.27. The lowest BCUT2D eigenvalue weighted by molar-refractivity contribution is 0.434. The molecule has 0 amide bonds. The Bertz CT molecular complexity index is 341. The Hall–Kier alpha value is -0.830. The van der Waals surface area contributed by atoms with Crippen LogP contribution < -0.4 is 5.32 Å². The molecule has 1 heterocycles. The van der Waals surface area contributed by atoms with Crippen LogP contribution >= 0.6 is 0 Å². The Morgan fingerprint density at radius 3 is 2.25 bits per heavy atom. The first-order chi connectivity index (χ1) is 7.51. The fourth-order valence-corrected chi connectivity index (χ4v) is 2.16. The average Bonchev–Trinajstić information content (AvgIpc) is 2.50. The van der Waals surface area contributed by atoms with E-state index in [1.54, 1.807) is 0 Å². The van der Waals surface area contributed by atoms with Gasteiger partial charge < -0.3 is 5.32 Å². The molecule has 16 heavy (non-hydrogen) atoms. The minimum Gasteiger partial charge on any atom is -0.307 e. The molecule has 0 aliphatic carbocycles. The quantitative estimate of drug-likeness (QED) is 0.832. The Balaban J connectivity index is 2.94. The van der Waals surface area contributed by atoms with Crippen molar-refractivity contribution in [2.75, 3.05) is 0 Å². The van der Waals surface area contributed by atoms with E-state index in [1.165, 1.54) is 11.3 Å². The molecular formula is C13H25N3. The van der Waals surface area contributed by atoms with E-state index in [0.717, 1.165) is 18.5 Å². The highest BCUT2D eigenvalue weighted by Gasteiger charge is 2.19. The van der Waals surface area contributed by atoms with Gasteiger partial charge in [0.15, 0.2) is 0 Å². The molecule has 0 bridgehead atoms. The molecule has 0 fully saturated rings. The van der Waals surface area contributed by atoms with Crippen molar-refractivity contribution in [1.29, 1.82) is 0 Å². The lowest BCUT2D eigenvalue weighted by Gasteiger charge is -2.22. The van der Waals surface area contributed by atoms with Crippen LogP contribution in [0.25, 0.3) is 0 Å². The Kier molecular flexibility index (Phi) is 4.54.